The second-order valence-electron chi connectivity index (χ2n) is 4.06. The predicted octanol–water partition coefficient (Wildman–Crippen LogP) is 2.65. The molecular formula is C14H11BrFNO4. The van der Waals surface area contributed by atoms with Crippen LogP contribution in [0.25, 0.3) is 0 Å². The van der Waals surface area contributed by atoms with E-state index in [1.54, 1.807) is 12.1 Å². The fraction of sp³-hybridized carbons (Fsp3) is 0.143. The maximum Gasteiger partial charge on any atom is 0.325 e. The summed E-state index contributed by atoms with van der Waals surface area (Å²) in [6, 6.07) is 7.46. The maximum atomic E-state index is 13.5. The van der Waals surface area contributed by atoms with Crippen molar-refractivity contribution in [2.24, 2.45) is 0 Å². The number of halogens is 2. The van der Waals surface area contributed by atoms with Crippen LogP contribution in [0.15, 0.2) is 45.5 Å². The van der Waals surface area contributed by atoms with Gasteiger partial charge >= 0.3 is 5.97 Å². The van der Waals surface area contributed by atoms with Crippen molar-refractivity contribution in [3.63, 3.8) is 0 Å². The molecule has 21 heavy (non-hydrogen) atoms. The average Bonchev–Trinajstić information content (AvgIpc) is 2.98. The first kappa shape index (κ1) is 15.2. The monoisotopic (exact) mass is 355 g/mol. The van der Waals surface area contributed by atoms with Gasteiger partial charge in [-0.3, -0.25) is 9.59 Å². The molecule has 0 saturated heterocycles. The molecule has 5 nitrogen and oxygen atoms in total. The van der Waals surface area contributed by atoms with Gasteiger partial charge in [0.05, 0.1) is 6.26 Å². The van der Waals surface area contributed by atoms with Gasteiger partial charge in [-0.1, -0.05) is 22.0 Å². The minimum Gasteiger partial charge on any atom is -0.459 e. The second kappa shape index (κ2) is 7.03. The van der Waals surface area contributed by atoms with Crippen molar-refractivity contribution in [2.75, 3.05) is 6.54 Å². The molecule has 1 amide bonds. The number of nitrogens with one attached hydrogen (secondary N) is 1. The Labute approximate surface area is 128 Å². The van der Waals surface area contributed by atoms with E-state index >= 15 is 0 Å². The topological polar surface area (TPSA) is 68.5 Å². The number of ether oxygens (including phenoxy) is 1. The number of hydrogen-bond donors (Lipinski definition) is 1. The third kappa shape index (κ3) is 4.42. The van der Waals surface area contributed by atoms with E-state index in [2.05, 4.69) is 21.2 Å². The summed E-state index contributed by atoms with van der Waals surface area (Å²) in [4.78, 5) is 23.0. The van der Waals surface area contributed by atoms with E-state index in [4.69, 9.17) is 9.15 Å². The number of furan rings is 1. The van der Waals surface area contributed by atoms with Crippen LogP contribution in [-0.4, -0.2) is 18.4 Å². The number of carbonyl (C=O) groups excluding carboxylic acids is 2. The number of benzene rings is 1. The molecule has 0 radical (unpaired) electrons. The number of esters is 1. The molecule has 1 N–H and O–H groups in total. The lowest BCUT2D eigenvalue weighted by Crippen LogP contribution is -2.30. The highest BCUT2D eigenvalue weighted by atomic mass is 79.9. The zero-order valence-corrected chi connectivity index (χ0v) is 12.4. The van der Waals surface area contributed by atoms with Gasteiger partial charge in [-0.05, 0) is 24.3 Å². The molecule has 0 aliphatic carbocycles. The van der Waals surface area contributed by atoms with Gasteiger partial charge in [-0.15, -0.1) is 0 Å². The van der Waals surface area contributed by atoms with Crippen molar-refractivity contribution in [2.45, 2.75) is 6.61 Å². The summed E-state index contributed by atoms with van der Waals surface area (Å²) < 4.78 is 23.8. The predicted molar refractivity (Wildman–Crippen MR) is 74.9 cm³/mol. The smallest absolute Gasteiger partial charge is 0.325 e. The van der Waals surface area contributed by atoms with Crippen molar-refractivity contribution < 1.29 is 23.1 Å². The molecule has 1 aromatic heterocycles. The van der Waals surface area contributed by atoms with Crippen LogP contribution in [0.1, 0.15) is 16.1 Å². The Morgan fingerprint density at radius 2 is 2.14 bits per heavy atom. The van der Waals surface area contributed by atoms with Crippen molar-refractivity contribution in [1.29, 1.82) is 0 Å². The molecule has 0 spiro atoms. The van der Waals surface area contributed by atoms with E-state index in [9.17, 15) is 14.0 Å². The SMILES string of the molecule is O=C(CNC(=O)c1ccco1)OCc1ccc(Br)cc1F. The van der Waals surface area contributed by atoms with Gasteiger partial charge in [0, 0.05) is 10.0 Å². The molecule has 0 atom stereocenters. The lowest BCUT2D eigenvalue weighted by atomic mass is 10.2. The van der Waals surface area contributed by atoms with Gasteiger partial charge < -0.3 is 14.5 Å². The third-order valence-electron chi connectivity index (χ3n) is 2.54. The Kier molecular flexibility index (Phi) is 5.10. The number of carbonyl (C=O) groups is 2. The first-order chi connectivity index (χ1) is 10.1. The summed E-state index contributed by atoms with van der Waals surface area (Å²) in [6.07, 6.45) is 1.35. The molecule has 1 aromatic carbocycles. The summed E-state index contributed by atoms with van der Waals surface area (Å²) in [7, 11) is 0. The fourth-order valence-corrected chi connectivity index (χ4v) is 1.83. The summed E-state index contributed by atoms with van der Waals surface area (Å²) in [5.74, 6) is -1.57. The van der Waals surface area contributed by atoms with Gasteiger partial charge in [0.2, 0.25) is 0 Å². The summed E-state index contributed by atoms with van der Waals surface area (Å²) in [5, 5.41) is 2.34. The molecule has 0 aliphatic heterocycles. The first-order valence-corrected chi connectivity index (χ1v) is 6.77. The molecule has 0 unspecified atom stereocenters. The molecule has 0 fully saturated rings. The average molecular weight is 356 g/mol. The molecule has 0 bridgehead atoms. The minimum atomic E-state index is -0.669. The summed E-state index contributed by atoms with van der Waals surface area (Å²) in [6.45, 7) is -0.522. The molecule has 2 rings (SSSR count). The third-order valence-corrected chi connectivity index (χ3v) is 3.04. The fourth-order valence-electron chi connectivity index (χ4n) is 1.50. The van der Waals surface area contributed by atoms with Gasteiger partial charge in [-0.25, -0.2) is 4.39 Å². The van der Waals surface area contributed by atoms with Crippen molar-refractivity contribution in [3.8, 4) is 0 Å². The standard InChI is InChI=1S/C14H11BrFNO4/c15-10-4-3-9(11(16)6-10)8-21-13(18)7-17-14(19)12-2-1-5-20-12/h1-6H,7-8H2,(H,17,19). The zero-order chi connectivity index (χ0) is 15.2. The zero-order valence-electron chi connectivity index (χ0n) is 10.8. The van der Waals surface area contributed by atoms with E-state index < -0.39 is 17.7 Å². The van der Waals surface area contributed by atoms with Crippen LogP contribution in [0.5, 0.6) is 0 Å². The Balaban J connectivity index is 1.78. The van der Waals surface area contributed by atoms with Crippen molar-refractivity contribution in [1.82, 2.24) is 5.32 Å². The molecule has 7 heteroatoms. The van der Waals surface area contributed by atoms with Crippen LogP contribution >= 0.6 is 15.9 Å². The second-order valence-corrected chi connectivity index (χ2v) is 4.97. The normalized spacial score (nSPS) is 10.2. The quantitative estimate of drug-likeness (QED) is 0.837. The largest absolute Gasteiger partial charge is 0.459 e. The van der Waals surface area contributed by atoms with Crippen LogP contribution in [0.3, 0.4) is 0 Å². The van der Waals surface area contributed by atoms with Crippen LogP contribution in [0, 0.1) is 5.82 Å². The Morgan fingerprint density at radius 3 is 2.81 bits per heavy atom. The van der Waals surface area contributed by atoms with Crippen LogP contribution in [-0.2, 0) is 16.1 Å². The molecule has 0 aliphatic rings. The number of rotatable bonds is 5. The molecule has 110 valence electrons. The van der Waals surface area contributed by atoms with Crippen LogP contribution in [0.2, 0.25) is 0 Å². The van der Waals surface area contributed by atoms with Crippen LogP contribution in [0.4, 0.5) is 4.39 Å². The lowest BCUT2D eigenvalue weighted by Gasteiger charge is -2.07. The first-order valence-electron chi connectivity index (χ1n) is 5.97. The van der Waals surface area contributed by atoms with E-state index in [-0.39, 0.29) is 24.5 Å². The molecule has 2 aromatic rings. The highest BCUT2D eigenvalue weighted by Crippen LogP contribution is 2.15. The lowest BCUT2D eigenvalue weighted by molar-refractivity contribution is -0.143. The maximum absolute atomic E-state index is 13.5. The van der Waals surface area contributed by atoms with Crippen LogP contribution < -0.4 is 5.32 Å². The number of amides is 1. The van der Waals surface area contributed by atoms with E-state index in [0.717, 1.165) is 0 Å². The van der Waals surface area contributed by atoms with Gasteiger partial charge in [0.1, 0.15) is 19.0 Å². The summed E-state index contributed by atoms with van der Waals surface area (Å²) >= 11 is 3.13. The Bertz CT molecular complexity index is 642. The van der Waals surface area contributed by atoms with Crippen molar-refractivity contribution in [3.05, 3.63) is 58.2 Å². The highest BCUT2D eigenvalue weighted by Gasteiger charge is 2.12. The Morgan fingerprint density at radius 1 is 1.33 bits per heavy atom. The molecule has 1 heterocycles. The van der Waals surface area contributed by atoms with Crippen molar-refractivity contribution >= 4 is 27.8 Å². The minimum absolute atomic E-state index is 0.0988. The highest BCUT2D eigenvalue weighted by molar-refractivity contribution is 9.10. The van der Waals surface area contributed by atoms with E-state index in [1.807, 2.05) is 0 Å². The number of hydrogen-bond acceptors (Lipinski definition) is 4. The molecule has 0 saturated carbocycles. The van der Waals surface area contributed by atoms with Gasteiger partial charge in [0.15, 0.2) is 5.76 Å². The molecular weight excluding hydrogens is 345 g/mol. The van der Waals surface area contributed by atoms with E-state index in [0.29, 0.717) is 4.47 Å². The van der Waals surface area contributed by atoms with Gasteiger partial charge in [-0.2, -0.15) is 0 Å². The van der Waals surface area contributed by atoms with Gasteiger partial charge in [0.25, 0.3) is 5.91 Å². The Hall–Kier alpha value is -2.15. The summed E-state index contributed by atoms with van der Waals surface area (Å²) in [5.41, 5.74) is 0.254. The van der Waals surface area contributed by atoms with E-state index in [1.165, 1.54) is 24.5 Å².